The molecule has 0 fully saturated rings. The quantitative estimate of drug-likeness (QED) is 0.371. The van der Waals surface area contributed by atoms with Gasteiger partial charge >= 0.3 is 0 Å². The normalized spacial score (nSPS) is 11.6. The Bertz CT molecular complexity index is 668. The molecular weight excluding hydrogens is 351 g/mol. The average molecular weight is 379 g/mol. The van der Waals surface area contributed by atoms with Gasteiger partial charge in [0.25, 0.3) is 0 Å². The summed E-state index contributed by atoms with van der Waals surface area (Å²) in [4.78, 5) is 9.48. The topological polar surface area (TPSA) is 24.7 Å². The van der Waals surface area contributed by atoms with Crippen LogP contribution in [-0.4, -0.2) is 11.9 Å². The van der Waals surface area contributed by atoms with Crippen molar-refractivity contribution in [1.82, 2.24) is 0 Å². The Morgan fingerprint density at radius 3 is 2.08 bits per heavy atom. The Kier molecular flexibility index (Phi) is 10.0. The molecule has 0 unspecified atom stereocenters. The summed E-state index contributed by atoms with van der Waals surface area (Å²) in [5.41, 5.74) is 5.76. The molecule has 0 aliphatic rings. The van der Waals surface area contributed by atoms with Crippen molar-refractivity contribution in [2.75, 3.05) is 0 Å². The summed E-state index contributed by atoms with van der Waals surface area (Å²) in [6.07, 6.45) is 7.27. The van der Waals surface area contributed by atoms with Crippen molar-refractivity contribution in [2.45, 2.75) is 52.9 Å². The molecule has 0 bridgehead atoms. The van der Waals surface area contributed by atoms with Gasteiger partial charge in [-0.1, -0.05) is 51.5 Å². The van der Waals surface area contributed by atoms with Crippen LogP contribution in [-0.2, 0) is 29.3 Å². The Hall–Kier alpha value is -1.73. The van der Waals surface area contributed by atoms with Crippen LogP contribution in [0.25, 0.3) is 0 Å². The summed E-state index contributed by atoms with van der Waals surface area (Å²) >= 11 is 0. The summed E-state index contributed by atoms with van der Waals surface area (Å²) in [7, 11) is 0. The second-order valence-corrected chi connectivity index (χ2v) is 6.02. The van der Waals surface area contributed by atoms with Crippen molar-refractivity contribution in [3.63, 3.8) is 0 Å². The molecule has 2 aromatic rings. The van der Waals surface area contributed by atoms with E-state index >= 15 is 0 Å². The van der Waals surface area contributed by atoms with Crippen LogP contribution in [0.3, 0.4) is 0 Å². The SMILES string of the molecule is CCCCC(C=Nc1cc(CC)cc(CC)c1)=Nc1ccccc1.[Ni]. The van der Waals surface area contributed by atoms with Gasteiger partial charge in [-0.15, -0.1) is 0 Å². The maximum absolute atomic E-state index is 4.76. The van der Waals surface area contributed by atoms with E-state index in [4.69, 9.17) is 9.98 Å². The summed E-state index contributed by atoms with van der Waals surface area (Å²) in [6.45, 7) is 6.58. The van der Waals surface area contributed by atoms with Crippen molar-refractivity contribution in [2.24, 2.45) is 9.98 Å². The molecule has 0 amide bonds. The maximum atomic E-state index is 4.76. The number of nitrogens with zero attached hydrogens (tertiary/aromatic N) is 2. The third kappa shape index (κ3) is 7.36. The van der Waals surface area contributed by atoms with Gasteiger partial charge in [0, 0.05) is 22.7 Å². The fourth-order valence-electron chi connectivity index (χ4n) is 2.55. The van der Waals surface area contributed by atoms with E-state index in [0.29, 0.717) is 0 Å². The third-order valence-corrected chi connectivity index (χ3v) is 4.03. The number of rotatable bonds is 8. The van der Waals surface area contributed by atoms with Crippen LogP contribution in [0.15, 0.2) is 58.5 Å². The molecule has 2 rings (SSSR count). The monoisotopic (exact) mass is 378 g/mol. The number of para-hydroxylation sites is 1. The minimum Gasteiger partial charge on any atom is -0.255 e. The Morgan fingerprint density at radius 1 is 0.880 bits per heavy atom. The predicted octanol–water partition coefficient (Wildman–Crippen LogP) is 6.47. The molecule has 25 heavy (non-hydrogen) atoms. The van der Waals surface area contributed by atoms with Crippen LogP contribution in [0.2, 0.25) is 0 Å². The molecule has 136 valence electrons. The van der Waals surface area contributed by atoms with Gasteiger partial charge in [0.2, 0.25) is 0 Å². The van der Waals surface area contributed by atoms with E-state index < -0.39 is 0 Å². The maximum Gasteiger partial charge on any atom is 0.0635 e. The standard InChI is InChI=1S/C22H28N2.Ni/c1-4-7-11-21(24-20-12-9-8-10-13-20)17-23-22-15-18(5-2)14-19(6-3)16-22;/h8-10,12-17H,4-7,11H2,1-3H3;. The zero-order valence-corrected chi connectivity index (χ0v) is 16.4. The van der Waals surface area contributed by atoms with Crippen LogP contribution >= 0.6 is 0 Å². The molecule has 0 spiro atoms. The van der Waals surface area contributed by atoms with Gasteiger partial charge in [0.15, 0.2) is 0 Å². The molecule has 2 aromatic carbocycles. The second kappa shape index (κ2) is 11.8. The van der Waals surface area contributed by atoms with Gasteiger partial charge in [-0.25, -0.2) is 0 Å². The molecular formula is C22H28N2Ni. The Labute approximate surface area is 162 Å². The summed E-state index contributed by atoms with van der Waals surface area (Å²) in [6, 6.07) is 16.7. The first-order valence-corrected chi connectivity index (χ1v) is 9.04. The number of unbranched alkanes of at least 4 members (excludes halogenated alkanes) is 1. The largest absolute Gasteiger partial charge is 0.255 e. The zero-order chi connectivity index (χ0) is 17.2. The van der Waals surface area contributed by atoms with Crippen LogP contribution < -0.4 is 0 Å². The van der Waals surface area contributed by atoms with E-state index in [1.165, 1.54) is 11.1 Å². The van der Waals surface area contributed by atoms with E-state index in [-0.39, 0.29) is 16.5 Å². The van der Waals surface area contributed by atoms with Crippen LogP contribution in [0.4, 0.5) is 11.4 Å². The summed E-state index contributed by atoms with van der Waals surface area (Å²) in [5, 5.41) is 0. The van der Waals surface area contributed by atoms with Crippen LogP contribution in [0.5, 0.6) is 0 Å². The Balaban J connectivity index is 0.00000312. The molecule has 2 nitrogen and oxygen atoms in total. The first-order chi connectivity index (χ1) is 11.7. The smallest absolute Gasteiger partial charge is 0.0635 e. The van der Waals surface area contributed by atoms with E-state index in [9.17, 15) is 0 Å². The van der Waals surface area contributed by atoms with E-state index in [2.05, 4.69) is 39.0 Å². The molecule has 0 heterocycles. The zero-order valence-electron chi connectivity index (χ0n) is 15.4. The molecule has 0 N–H and O–H groups in total. The number of hydrogen-bond acceptors (Lipinski definition) is 2. The van der Waals surface area contributed by atoms with E-state index in [0.717, 1.165) is 49.2 Å². The molecule has 0 aliphatic carbocycles. The number of aliphatic imine (C=N–C) groups is 2. The number of hydrogen-bond donors (Lipinski definition) is 0. The number of aryl methyl sites for hydroxylation is 2. The Morgan fingerprint density at radius 2 is 1.52 bits per heavy atom. The first kappa shape index (κ1) is 21.3. The minimum absolute atomic E-state index is 0. The fraction of sp³-hybridized carbons (Fsp3) is 0.364. The molecule has 0 saturated heterocycles. The minimum atomic E-state index is 0. The molecule has 0 aliphatic heterocycles. The summed E-state index contributed by atoms with van der Waals surface area (Å²) in [5.74, 6) is 0. The van der Waals surface area contributed by atoms with Crippen molar-refractivity contribution in [3.8, 4) is 0 Å². The van der Waals surface area contributed by atoms with Gasteiger partial charge in [-0.05, 0) is 61.1 Å². The van der Waals surface area contributed by atoms with E-state index in [1.54, 1.807) is 0 Å². The second-order valence-electron chi connectivity index (χ2n) is 6.02. The molecule has 3 heteroatoms. The van der Waals surface area contributed by atoms with Crippen molar-refractivity contribution < 1.29 is 16.5 Å². The molecule has 0 atom stereocenters. The summed E-state index contributed by atoms with van der Waals surface area (Å²) < 4.78 is 0. The van der Waals surface area contributed by atoms with Crippen molar-refractivity contribution in [3.05, 3.63) is 59.7 Å². The fourth-order valence-corrected chi connectivity index (χ4v) is 2.55. The van der Waals surface area contributed by atoms with Crippen molar-refractivity contribution >= 4 is 23.3 Å². The molecule has 0 aromatic heterocycles. The number of benzene rings is 2. The van der Waals surface area contributed by atoms with Gasteiger partial charge in [-0.3, -0.25) is 9.98 Å². The van der Waals surface area contributed by atoms with Gasteiger partial charge in [0.1, 0.15) is 0 Å². The van der Waals surface area contributed by atoms with Crippen LogP contribution in [0, 0.1) is 0 Å². The van der Waals surface area contributed by atoms with Gasteiger partial charge < -0.3 is 0 Å². The van der Waals surface area contributed by atoms with Gasteiger partial charge in [0.05, 0.1) is 17.1 Å². The average Bonchev–Trinajstić information content (AvgIpc) is 2.64. The van der Waals surface area contributed by atoms with Crippen LogP contribution in [0.1, 0.15) is 51.2 Å². The van der Waals surface area contributed by atoms with Crippen molar-refractivity contribution in [1.29, 1.82) is 0 Å². The van der Waals surface area contributed by atoms with Gasteiger partial charge in [-0.2, -0.15) is 0 Å². The molecule has 0 radical (unpaired) electrons. The molecule has 0 saturated carbocycles. The van der Waals surface area contributed by atoms with E-state index in [1.807, 2.05) is 36.5 Å². The third-order valence-electron chi connectivity index (χ3n) is 4.03. The first-order valence-electron chi connectivity index (χ1n) is 9.04. The predicted molar refractivity (Wildman–Crippen MR) is 106 cm³/mol.